The topological polar surface area (TPSA) is 51.9 Å². The molecule has 35 heavy (non-hydrogen) atoms. The lowest BCUT2D eigenvalue weighted by molar-refractivity contribution is -0.154. The maximum Gasteiger partial charge on any atom is 0.453 e. The number of ether oxygens (including phenoxy) is 2. The Hall–Kier alpha value is -3.30. The molecule has 0 bridgehead atoms. The van der Waals surface area contributed by atoms with Gasteiger partial charge in [0.25, 0.3) is 5.76 Å². The maximum atomic E-state index is 14.1. The fraction of sp³-hybridized carbons (Fsp3) is 0.192. The molecular formula is C26H19BrF3NO4. The third-order valence-electron chi connectivity index (χ3n) is 5.96. The van der Waals surface area contributed by atoms with Crippen LogP contribution in [0.25, 0.3) is 11.0 Å². The maximum absolute atomic E-state index is 14.1. The van der Waals surface area contributed by atoms with Crippen LogP contribution in [0.4, 0.5) is 13.2 Å². The standard InChI is InChI=1S/C26H19BrF3NO4/c1-15(16-7-3-2-4-8-16)31-13-18-20(33-14-31)12-11-17-22(32)24(25(26(28,29)30)35-23(17)18)34-21-10-6-5-9-19(21)27/h2-12,15H,13-14H2,1H3. The van der Waals surface area contributed by atoms with Crippen LogP contribution in [0, 0.1) is 0 Å². The van der Waals surface area contributed by atoms with Crippen LogP contribution in [0.5, 0.6) is 17.2 Å². The second-order valence-electron chi connectivity index (χ2n) is 8.15. The summed E-state index contributed by atoms with van der Waals surface area (Å²) in [7, 11) is 0. The number of alkyl halides is 3. The van der Waals surface area contributed by atoms with Crippen molar-refractivity contribution in [2.75, 3.05) is 6.73 Å². The molecule has 0 saturated carbocycles. The van der Waals surface area contributed by atoms with Gasteiger partial charge in [-0.3, -0.25) is 9.69 Å². The van der Waals surface area contributed by atoms with Gasteiger partial charge in [-0.25, -0.2) is 0 Å². The van der Waals surface area contributed by atoms with Crippen LogP contribution >= 0.6 is 15.9 Å². The predicted octanol–water partition coefficient (Wildman–Crippen LogP) is 7.28. The summed E-state index contributed by atoms with van der Waals surface area (Å²) in [5.41, 5.74) is 0.336. The Morgan fingerprint density at radius 2 is 1.74 bits per heavy atom. The summed E-state index contributed by atoms with van der Waals surface area (Å²) in [6.07, 6.45) is -4.96. The first-order chi connectivity index (χ1) is 16.7. The van der Waals surface area contributed by atoms with Crippen LogP contribution in [0.3, 0.4) is 0 Å². The molecule has 1 unspecified atom stereocenters. The monoisotopic (exact) mass is 545 g/mol. The zero-order valence-corrected chi connectivity index (χ0v) is 20.0. The number of benzene rings is 3. The lowest BCUT2D eigenvalue weighted by Crippen LogP contribution is -2.34. The van der Waals surface area contributed by atoms with E-state index in [0.29, 0.717) is 15.8 Å². The lowest BCUT2D eigenvalue weighted by Gasteiger charge is -2.34. The van der Waals surface area contributed by atoms with Crippen molar-refractivity contribution < 1.29 is 27.1 Å². The average molecular weight is 546 g/mol. The number of nitrogens with zero attached hydrogens (tertiary/aromatic N) is 1. The van der Waals surface area contributed by atoms with E-state index in [1.165, 1.54) is 12.1 Å². The Balaban J connectivity index is 1.63. The molecule has 1 aromatic heterocycles. The fourth-order valence-corrected chi connectivity index (χ4v) is 4.44. The van der Waals surface area contributed by atoms with Crippen LogP contribution in [0.15, 0.2) is 80.4 Å². The molecule has 0 radical (unpaired) electrons. The van der Waals surface area contributed by atoms with Crippen LogP contribution in [-0.2, 0) is 12.7 Å². The van der Waals surface area contributed by atoms with Crippen molar-refractivity contribution in [3.63, 3.8) is 0 Å². The van der Waals surface area contributed by atoms with Crippen molar-refractivity contribution in [2.24, 2.45) is 0 Å². The minimum Gasteiger partial charge on any atom is -0.478 e. The average Bonchev–Trinajstić information content (AvgIpc) is 2.85. The predicted molar refractivity (Wildman–Crippen MR) is 128 cm³/mol. The molecule has 0 spiro atoms. The third kappa shape index (κ3) is 4.41. The number of fused-ring (bicyclic) bond motifs is 3. The molecule has 5 rings (SSSR count). The molecule has 5 nitrogen and oxygen atoms in total. The number of para-hydroxylation sites is 1. The summed E-state index contributed by atoms with van der Waals surface area (Å²) >= 11 is 3.23. The number of halogens is 4. The van der Waals surface area contributed by atoms with Gasteiger partial charge in [0, 0.05) is 12.6 Å². The van der Waals surface area contributed by atoms with E-state index in [1.807, 2.05) is 42.2 Å². The summed E-state index contributed by atoms with van der Waals surface area (Å²) in [6, 6.07) is 18.9. The first-order valence-electron chi connectivity index (χ1n) is 10.8. The van der Waals surface area contributed by atoms with Crippen LogP contribution in [-0.4, -0.2) is 11.6 Å². The molecule has 0 N–H and O–H groups in total. The molecule has 9 heteroatoms. The molecule has 1 aliphatic heterocycles. The minimum atomic E-state index is -4.96. The van der Waals surface area contributed by atoms with E-state index >= 15 is 0 Å². The first kappa shape index (κ1) is 23.4. The molecule has 180 valence electrons. The molecule has 1 aliphatic rings. The lowest BCUT2D eigenvalue weighted by atomic mass is 10.0. The van der Waals surface area contributed by atoms with E-state index in [9.17, 15) is 18.0 Å². The van der Waals surface area contributed by atoms with Gasteiger partial charge in [0.15, 0.2) is 0 Å². The summed E-state index contributed by atoms with van der Waals surface area (Å²) < 4.78 is 59.3. The van der Waals surface area contributed by atoms with Gasteiger partial charge in [0.2, 0.25) is 11.2 Å². The molecule has 3 aromatic carbocycles. The van der Waals surface area contributed by atoms with Gasteiger partial charge in [0.1, 0.15) is 23.8 Å². The zero-order valence-electron chi connectivity index (χ0n) is 18.4. The smallest absolute Gasteiger partial charge is 0.453 e. The summed E-state index contributed by atoms with van der Waals surface area (Å²) in [6.45, 7) is 2.47. The Bertz CT molecular complexity index is 1450. The Morgan fingerprint density at radius 3 is 2.46 bits per heavy atom. The van der Waals surface area contributed by atoms with Crippen molar-refractivity contribution in [1.82, 2.24) is 4.90 Å². The minimum absolute atomic E-state index is 0.0170. The first-order valence-corrected chi connectivity index (χ1v) is 11.6. The molecule has 0 fully saturated rings. The Morgan fingerprint density at radius 1 is 1.03 bits per heavy atom. The van der Waals surface area contributed by atoms with Crippen LogP contribution < -0.4 is 14.9 Å². The van der Waals surface area contributed by atoms with Gasteiger partial charge < -0.3 is 13.9 Å². The van der Waals surface area contributed by atoms with Crippen LogP contribution in [0.1, 0.15) is 29.9 Å². The fourth-order valence-electron chi connectivity index (χ4n) is 4.07. The molecule has 4 aromatic rings. The summed E-state index contributed by atoms with van der Waals surface area (Å²) in [5.74, 6) is -1.96. The molecule has 0 saturated heterocycles. The van der Waals surface area contributed by atoms with E-state index in [2.05, 4.69) is 15.9 Å². The van der Waals surface area contributed by atoms with E-state index in [4.69, 9.17) is 13.9 Å². The number of hydrogen-bond acceptors (Lipinski definition) is 5. The van der Waals surface area contributed by atoms with E-state index in [0.717, 1.165) is 5.56 Å². The largest absolute Gasteiger partial charge is 0.478 e. The molecule has 0 aliphatic carbocycles. The third-order valence-corrected chi connectivity index (χ3v) is 6.62. The van der Waals surface area contributed by atoms with Gasteiger partial charge in [-0.05, 0) is 52.7 Å². The van der Waals surface area contributed by atoms with Gasteiger partial charge in [-0.2, -0.15) is 13.2 Å². The Labute approximate surface area is 206 Å². The van der Waals surface area contributed by atoms with Crippen molar-refractivity contribution in [2.45, 2.75) is 25.7 Å². The highest BCUT2D eigenvalue weighted by atomic mass is 79.9. The molecule has 2 heterocycles. The quantitative estimate of drug-likeness (QED) is 0.269. The molecular weight excluding hydrogens is 527 g/mol. The second-order valence-corrected chi connectivity index (χ2v) is 9.00. The highest BCUT2D eigenvalue weighted by Gasteiger charge is 2.41. The van der Waals surface area contributed by atoms with Crippen molar-refractivity contribution in [3.05, 3.63) is 98.3 Å². The van der Waals surface area contributed by atoms with E-state index in [1.54, 1.807) is 24.3 Å². The van der Waals surface area contributed by atoms with Gasteiger partial charge in [-0.1, -0.05) is 42.5 Å². The zero-order chi connectivity index (χ0) is 24.7. The normalized spacial score (nSPS) is 14.9. The van der Waals surface area contributed by atoms with Gasteiger partial charge in [0.05, 0.1) is 15.4 Å². The second kappa shape index (κ2) is 9.05. The SMILES string of the molecule is CC(c1ccccc1)N1COc2ccc3c(=O)c(Oc4ccccc4Br)c(C(F)(F)F)oc3c2C1. The van der Waals surface area contributed by atoms with E-state index in [-0.39, 0.29) is 36.0 Å². The van der Waals surface area contributed by atoms with Crippen molar-refractivity contribution in [1.29, 1.82) is 0 Å². The molecule has 0 amide bonds. The van der Waals surface area contributed by atoms with Gasteiger partial charge in [-0.15, -0.1) is 0 Å². The van der Waals surface area contributed by atoms with Crippen molar-refractivity contribution in [3.8, 4) is 17.2 Å². The number of rotatable bonds is 4. The van der Waals surface area contributed by atoms with Crippen LogP contribution in [0.2, 0.25) is 0 Å². The summed E-state index contributed by atoms with van der Waals surface area (Å²) in [5, 5.41) is -0.0170. The van der Waals surface area contributed by atoms with Gasteiger partial charge >= 0.3 is 6.18 Å². The van der Waals surface area contributed by atoms with Crippen molar-refractivity contribution >= 4 is 26.9 Å². The van der Waals surface area contributed by atoms with E-state index < -0.39 is 23.1 Å². The highest BCUT2D eigenvalue weighted by molar-refractivity contribution is 9.10. The molecule has 1 atom stereocenters. The Kier molecular flexibility index (Phi) is 6.06. The number of hydrogen-bond donors (Lipinski definition) is 0. The summed E-state index contributed by atoms with van der Waals surface area (Å²) in [4.78, 5) is 15.2. The highest BCUT2D eigenvalue weighted by Crippen LogP contribution is 2.42.